The lowest BCUT2D eigenvalue weighted by atomic mass is 9.99. The standard InChI is InChI=1S/C22H22N6O2/c1-13-14(2)30-28(21(13)23-22(29)16-7-8-16)17-11-9-15(10-12-17)18-5-3-4-6-19(18)20-24-26-27-25-20/h3-6,9-14,16H,7-8H2,1-2H3,(H,24,25,26,27). The van der Waals surface area contributed by atoms with Crippen LogP contribution in [-0.4, -0.2) is 38.5 Å². The van der Waals surface area contributed by atoms with Crippen molar-refractivity contribution in [2.24, 2.45) is 16.8 Å². The largest absolute Gasteiger partial charge is 0.272 e. The molecule has 8 nitrogen and oxygen atoms in total. The van der Waals surface area contributed by atoms with Gasteiger partial charge in [-0.05, 0) is 48.2 Å². The minimum Gasteiger partial charge on any atom is -0.272 e. The maximum absolute atomic E-state index is 12.3. The number of hydrogen-bond acceptors (Lipinski definition) is 5. The SMILES string of the molecule is CC1ON(c2ccc(-c3ccccc3-c3nn[nH]n3)cc2)C(=NC(=O)C2CC2)C1C. The second kappa shape index (κ2) is 7.46. The van der Waals surface area contributed by atoms with Crippen LogP contribution in [0.25, 0.3) is 22.5 Å². The van der Waals surface area contributed by atoms with Crippen LogP contribution < -0.4 is 5.06 Å². The molecule has 3 aromatic rings. The summed E-state index contributed by atoms with van der Waals surface area (Å²) in [5.74, 6) is 1.33. The molecule has 2 aromatic carbocycles. The van der Waals surface area contributed by atoms with Crippen molar-refractivity contribution in [1.29, 1.82) is 0 Å². The third kappa shape index (κ3) is 3.39. The number of amides is 1. The number of rotatable bonds is 4. The molecule has 2 heterocycles. The molecule has 2 unspecified atom stereocenters. The maximum Gasteiger partial charge on any atom is 0.250 e. The fourth-order valence-electron chi connectivity index (χ4n) is 3.56. The number of nitrogens with zero attached hydrogens (tertiary/aromatic N) is 5. The van der Waals surface area contributed by atoms with Crippen LogP contribution in [0.4, 0.5) is 5.69 Å². The van der Waals surface area contributed by atoms with Gasteiger partial charge in [-0.2, -0.15) is 10.2 Å². The van der Waals surface area contributed by atoms with E-state index in [0.717, 1.165) is 35.2 Å². The molecule has 5 rings (SSSR count). The molecule has 2 aliphatic rings. The number of aromatic nitrogens is 4. The zero-order valence-electron chi connectivity index (χ0n) is 16.8. The highest BCUT2D eigenvalue weighted by molar-refractivity contribution is 6.06. The normalized spacial score (nSPS) is 22.6. The van der Waals surface area contributed by atoms with Gasteiger partial charge in [-0.1, -0.05) is 43.3 Å². The molecule has 1 saturated heterocycles. The van der Waals surface area contributed by atoms with Crippen LogP contribution in [0.2, 0.25) is 0 Å². The molecule has 1 aliphatic carbocycles. The number of carbonyl (C=O) groups excluding carboxylic acids is 1. The van der Waals surface area contributed by atoms with Crippen molar-refractivity contribution >= 4 is 17.4 Å². The highest BCUT2D eigenvalue weighted by Gasteiger charge is 2.38. The van der Waals surface area contributed by atoms with Crippen LogP contribution in [-0.2, 0) is 9.63 Å². The summed E-state index contributed by atoms with van der Waals surface area (Å²) in [6, 6.07) is 15.9. The van der Waals surface area contributed by atoms with E-state index in [0.29, 0.717) is 11.7 Å². The van der Waals surface area contributed by atoms with E-state index in [4.69, 9.17) is 4.84 Å². The molecule has 1 N–H and O–H groups in total. The van der Waals surface area contributed by atoms with Gasteiger partial charge < -0.3 is 0 Å². The molecule has 8 heteroatoms. The first kappa shape index (κ1) is 18.6. The van der Waals surface area contributed by atoms with E-state index in [2.05, 4.69) is 25.6 Å². The number of benzene rings is 2. The molecule has 0 bridgehead atoms. The molecule has 1 saturated carbocycles. The molecule has 0 radical (unpaired) electrons. The van der Waals surface area contributed by atoms with Crippen molar-refractivity contribution < 1.29 is 9.63 Å². The molecule has 2 fully saturated rings. The van der Waals surface area contributed by atoms with Gasteiger partial charge in [-0.3, -0.25) is 9.63 Å². The number of anilines is 1. The fraction of sp³-hybridized carbons (Fsp3) is 0.318. The Kier molecular flexibility index (Phi) is 4.63. The topological polar surface area (TPSA) is 96.4 Å². The Morgan fingerprint density at radius 2 is 1.83 bits per heavy atom. The van der Waals surface area contributed by atoms with Gasteiger partial charge in [0.25, 0.3) is 5.91 Å². The lowest BCUT2D eigenvalue weighted by Gasteiger charge is -2.18. The predicted molar refractivity (Wildman–Crippen MR) is 112 cm³/mol. The van der Waals surface area contributed by atoms with Crippen molar-refractivity contribution in [2.75, 3.05) is 5.06 Å². The lowest BCUT2D eigenvalue weighted by Crippen LogP contribution is -2.27. The number of hydroxylamine groups is 1. The number of hydrogen-bond donors (Lipinski definition) is 1. The summed E-state index contributed by atoms with van der Waals surface area (Å²) >= 11 is 0. The van der Waals surface area contributed by atoms with Crippen molar-refractivity contribution in [3.63, 3.8) is 0 Å². The van der Waals surface area contributed by atoms with Crippen molar-refractivity contribution in [2.45, 2.75) is 32.8 Å². The molecule has 1 amide bonds. The monoisotopic (exact) mass is 402 g/mol. The van der Waals surface area contributed by atoms with Gasteiger partial charge in [0.15, 0.2) is 0 Å². The van der Waals surface area contributed by atoms with E-state index in [-0.39, 0.29) is 23.8 Å². The summed E-state index contributed by atoms with van der Waals surface area (Å²) in [6.07, 6.45) is 1.83. The number of nitrogens with one attached hydrogen (secondary N) is 1. The summed E-state index contributed by atoms with van der Waals surface area (Å²) in [6.45, 7) is 4.04. The van der Waals surface area contributed by atoms with E-state index in [1.165, 1.54) is 0 Å². The molecule has 30 heavy (non-hydrogen) atoms. The smallest absolute Gasteiger partial charge is 0.250 e. The average molecular weight is 402 g/mol. The first-order chi connectivity index (χ1) is 14.6. The maximum atomic E-state index is 12.3. The number of amidine groups is 1. The quantitative estimate of drug-likeness (QED) is 0.716. The number of tetrazole rings is 1. The Bertz CT molecular complexity index is 1090. The Morgan fingerprint density at radius 3 is 2.50 bits per heavy atom. The number of aromatic amines is 1. The van der Waals surface area contributed by atoms with Crippen LogP contribution in [0, 0.1) is 11.8 Å². The summed E-state index contributed by atoms with van der Waals surface area (Å²) in [4.78, 5) is 22.7. The first-order valence-electron chi connectivity index (χ1n) is 10.1. The summed E-state index contributed by atoms with van der Waals surface area (Å²) in [7, 11) is 0. The van der Waals surface area contributed by atoms with Gasteiger partial charge in [-0.15, -0.1) is 10.2 Å². The Morgan fingerprint density at radius 1 is 1.10 bits per heavy atom. The average Bonchev–Trinajstić information content (AvgIpc) is 3.42. The second-order valence-corrected chi connectivity index (χ2v) is 7.80. The molecule has 1 aromatic heterocycles. The van der Waals surface area contributed by atoms with Gasteiger partial charge >= 0.3 is 0 Å². The van der Waals surface area contributed by atoms with Crippen LogP contribution in [0.15, 0.2) is 53.5 Å². The second-order valence-electron chi connectivity index (χ2n) is 7.80. The molecule has 0 spiro atoms. The van der Waals surface area contributed by atoms with E-state index in [1.807, 2.05) is 62.4 Å². The minimum atomic E-state index is -0.0469. The van der Waals surface area contributed by atoms with Gasteiger partial charge in [0.1, 0.15) is 5.84 Å². The fourth-order valence-corrected chi connectivity index (χ4v) is 3.56. The summed E-state index contributed by atoms with van der Waals surface area (Å²) < 4.78 is 0. The van der Waals surface area contributed by atoms with Crippen molar-refractivity contribution in [1.82, 2.24) is 20.6 Å². The molecule has 2 atom stereocenters. The Balaban J connectivity index is 1.46. The van der Waals surface area contributed by atoms with Crippen LogP contribution in [0.1, 0.15) is 26.7 Å². The zero-order valence-corrected chi connectivity index (χ0v) is 16.8. The van der Waals surface area contributed by atoms with Gasteiger partial charge in [0.05, 0.1) is 11.8 Å². The van der Waals surface area contributed by atoms with Crippen molar-refractivity contribution in [3.05, 3.63) is 48.5 Å². The van der Waals surface area contributed by atoms with E-state index in [1.54, 1.807) is 5.06 Å². The first-order valence-corrected chi connectivity index (χ1v) is 10.1. The molecular weight excluding hydrogens is 380 g/mol. The van der Waals surface area contributed by atoms with Gasteiger partial charge in [0, 0.05) is 17.4 Å². The Hall–Kier alpha value is -3.39. The van der Waals surface area contributed by atoms with E-state index in [9.17, 15) is 4.79 Å². The minimum absolute atomic E-state index is 0.0368. The molecule has 1 aliphatic heterocycles. The predicted octanol–water partition coefficient (Wildman–Crippen LogP) is 3.65. The Labute approximate surface area is 173 Å². The third-order valence-electron chi connectivity index (χ3n) is 5.67. The lowest BCUT2D eigenvalue weighted by molar-refractivity contribution is -0.118. The molecule has 152 valence electrons. The van der Waals surface area contributed by atoms with Crippen LogP contribution in [0.3, 0.4) is 0 Å². The number of carbonyl (C=O) groups is 1. The van der Waals surface area contributed by atoms with Gasteiger partial charge in [0.2, 0.25) is 5.82 Å². The van der Waals surface area contributed by atoms with E-state index >= 15 is 0 Å². The number of aliphatic imine (C=N–C) groups is 1. The zero-order chi connectivity index (χ0) is 20.7. The highest BCUT2D eigenvalue weighted by Crippen LogP contribution is 2.35. The summed E-state index contributed by atoms with van der Waals surface area (Å²) in [5, 5.41) is 16.1. The van der Waals surface area contributed by atoms with E-state index < -0.39 is 0 Å². The van der Waals surface area contributed by atoms with Crippen molar-refractivity contribution in [3.8, 4) is 22.5 Å². The van der Waals surface area contributed by atoms with Crippen LogP contribution in [0.5, 0.6) is 0 Å². The molecular formula is C22H22N6O2. The van der Waals surface area contributed by atoms with Gasteiger partial charge in [-0.25, -0.2) is 5.06 Å². The third-order valence-corrected chi connectivity index (χ3v) is 5.67. The number of H-pyrrole nitrogens is 1. The summed E-state index contributed by atoms with van der Waals surface area (Å²) in [5.41, 5.74) is 3.77. The van der Waals surface area contributed by atoms with Crippen LogP contribution >= 0.6 is 0 Å². The highest BCUT2D eigenvalue weighted by atomic mass is 16.7.